The van der Waals surface area contributed by atoms with Crippen LogP contribution in [0.25, 0.3) is 5.65 Å². The monoisotopic (exact) mass is 205 g/mol. The van der Waals surface area contributed by atoms with Gasteiger partial charge in [-0.3, -0.25) is 9.89 Å². The van der Waals surface area contributed by atoms with Crippen LogP contribution in [0.2, 0.25) is 0 Å². The van der Waals surface area contributed by atoms with Gasteiger partial charge in [-0.25, -0.2) is 9.50 Å². The molecule has 4 nitrogen and oxygen atoms in total. The van der Waals surface area contributed by atoms with Gasteiger partial charge in [0.1, 0.15) is 5.82 Å². The number of hydrogen-bond acceptors (Lipinski definition) is 2. The fourth-order valence-corrected chi connectivity index (χ4v) is 1.46. The molecule has 0 radical (unpaired) electrons. The Balaban J connectivity index is 2.77. The lowest BCUT2D eigenvalue weighted by molar-refractivity contribution is 0.544. The molecule has 0 fully saturated rings. The van der Waals surface area contributed by atoms with Gasteiger partial charge < -0.3 is 0 Å². The van der Waals surface area contributed by atoms with E-state index in [4.69, 9.17) is 0 Å². The van der Waals surface area contributed by atoms with Gasteiger partial charge in [-0.15, -0.1) is 0 Å². The number of H-pyrrole nitrogens is 1. The molecule has 2 aromatic rings. The SMILES string of the molecule is Cc1cc(=O)n2[nH]c(C(C)(C)C)nc2c1. The summed E-state index contributed by atoms with van der Waals surface area (Å²) < 4.78 is 1.48. The Kier molecular flexibility index (Phi) is 1.96. The number of nitrogens with zero attached hydrogens (tertiary/aromatic N) is 2. The van der Waals surface area contributed by atoms with Crippen LogP contribution in [-0.2, 0) is 5.41 Å². The van der Waals surface area contributed by atoms with E-state index in [1.165, 1.54) is 4.52 Å². The van der Waals surface area contributed by atoms with E-state index in [9.17, 15) is 4.79 Å². The van der Waals surface area contributed by atoms with E-state index in [2.05, 4.69) is 30.9 Å². The van der Waals surface area contributed by atoms with Crippen molar-refractivity contribution >= 4 is 5.65 Å². The van der Waals surface area contributed by atoms with Crippen LogP contribution in [0.3, 0.4) is 0 Å². The standard InChI is InChI=1S/C11H15N3O/c1-7-5-8-12-10(11(2,3)4)13-14(8)9(15)6-7/h5-6H,1-4H3,(H,12,13). The molecule has 0 atom stereocenters. The number of aromatic amines is 1. The molecule has 2 aromatic heterocycles. The Morgan fingerprint density at radius 1 is 1.33 bits per heavy atom. The van der Waals surface area contributed by atoms with Crippen molar-refractivity contribution in [2.45, 2.75) is 33.1 Å². The van der Waals surface area contributed by atoms with Crippen LogP contribution in [0.15, 0.2) is 16.9 Å². The van der Waals surface area contributed by atoms with Crippen LogP contribution < -0.4 is 5.56 Å². The maximum atomic E-state index is 11.6. The number of nitrogens with one attached hydrogen (secondary N) is 1. The molecule has 4 heteroatoms. The summed E-state index contributed by atoms with van der Waals surface area (Å²) in [5, 5.41) is 3.02. The first kappa shape index (κ1) is 9.96. The van der Waals surface area contributed by atoms with Crippen LogP contribution in [0.1, 0.15) is 32.2 Å². The summed E-state index contributed by atoms with van der Waals surface area (Å²) in [6, 6.07) is 3.49. The summed E-state index contributed by atoms with van der Waals surface area (Å²) in [7, 11) is 0. The fraction of sp³-hybridized carbons (Fsp3) is 0.455. The largest absolute Gasteiger partial charge is 0.276 e. The highest BCUT2D eigenvalue weighted by Crippen LogP contribution is 2.18. The first-order valence-corrected chi connectivity index (χ1v) is 4.98. The van der Waals surface area contributed by atoms with E-state index in [0.717, 1.165) is 11.4 Å². The molecule has 2 rings (SSSR count). The second-order valence-corrected chi connectivity index (χ2v) is 4.89. The third-order valence-electron chi connectivity index (χ3n) is 2.31. The minimum absolute atomic E-state index is 0.0620. The maximum Gasteiger partial charge on any atom is 0.271 e. The van der Waals surface area contributed by atoms with Gasteiger partial charge in [0.25, 0.3) is 5.56 Å². The van der Waals surface area contributed by atoms with Crippen LogP contribution in [0, 0.1) is 6.92 Å². The van der Waals surface area contributed by atoms with Crippen molar-refractivity contribution in [2.24, 2.45) is 0 Å². The van der Waals surface area contributed by atoms with Crippen molar-refractivity contribution in [1.29, 1.82) is 0 Å². The Morgan fingerprint density at radius 3 is 2.60 bits per heavy atom. The molecule has 15 heavy (non-hydrogen) atoms. The second-order valence-electron chi connectivity index (χ2n) is 4.89. The van der Waals surface area contributed by atoms with E-state index < -0.39 is 0 Å². The highest BCUT2D eigenvalue weighted by molar-refractivity contribution is 5.40. The summed E-state index contributed by atoms with van der Waals surface area (Å²) in [4.78, 5) is 16.0. The van der Waals surface area contributed by atoms with Crippen molar-refractivity contribution < 1.29 is 0 Å². The van der Waals surface area contributed by atoms with Gasteiger partial charge in [-0.1, -0.05) is 20.8 Å². The molecule has 0 unspecified atom stereocenters. The Labute approximate surface area is 87.9 Å². The zero-order valence-electron chi connectivity index (χ0n) is 9.46. The molecule has 80 valence electrons. The molecule has 0 saturated heterocycles. The number of rotatable bonds is 0. The van der Waals surface area contributed by atoms with Gasteiger partial charge in [-0.05, 0) is 18.6 Å². The third-order valence-corrected chi connectivity index (χ3v) is 2.31. The summed E-state index contributed by atoms with van der Waals surface area (Å²) in [6.07, 6.45) is 0. The number of hydrogen-bond donors (Lipinski definition) is 1. The molecule has 0 aliphatic heterocycles. The lowest BCUT2D eigenvalue weighted by Crippen LogP contribution is -2.16. The smallest absolute Gasteiger partial charge is 0.271 e. The van der Waals surface area contributed by atoms with Gasteiger partial charge in [-0.2, -0.15) is 0 Å². The minimum Gasteiger partial charge on any atom is -0.276 e. The molecule has 0 aliphatic rings. The number of aryl methyl sites for hydroxylation is 1. The lowest BCUT2D eigenvalue weighted by Gasteiger charge is -2.12. The van der Waals surface area contributed by atoms with Crippen molar-refractivity contribution in [3.63, 3.8) is 0 Å². The van der Waals surface area contributed by atoms with Gasteiger partial charge in [0.15, 0.2) is 5.65 Å². The van der Waals surface area contributed by atoms with Crippen molar-refractivity contribution in [1.82, 2.24) is 14.6 Å². The van der Waals surface area contributed by atoms with E-state index in [1.54, 1.807) is 6.07 Å². The van der Waals surface area contributed by atoms with E-state index >= 15 is 0 Å². The molecular weight excluding hydrogens is 190 g/mol. The molecule has 0 spiro atoms. The summed E-state index contributed by atoms with van der Waals surface area (Å²) in [6.45, 7) is 8.07. The van der Waals surface area contributed by atoms with Gasteiger partial charge in [0, 0.05) is 11.5 Å². The lowest BCUT2D eigenvalue weighted by atomic mass is 9.96. The molecule has 1 N–H and O–H groups in total. The predicted molar refractivity (Wildman–Crippen MR) is 59.2 cm³/mol. The first-order chi connectivity index (χ1) is 6.88. The fourth-order valence-electron chi connectivity index (χ4n) is 1.46. The van der Waals surface area contributed by atoms with E-state index in [0.29, 0.717) is 5.65 Å². The van der Waals surface area contributed by atoms with Crippen molar-refractivity contribution in [2.75, 3.05) is 0 Å². The summed E-state index contributed by atoms with van der Waals surface area (Å²) >= 11 is 0. The first-order valence-electron chi connectivity index (χ1n) is 4.98. The average Bonchev–Trinajstić information content (AvgIpc) is 2.46. The molecule has 0 aromatic carbocycles. The molecule has 0 amide bonds. The maximum absolute atomic E-state index is 11.6. The Bertz CT molecular complexity index is 557. The Hall–Kier alpha value is -1.58. The zero-order valence-corrected chi connectivity index (χ0v) is 9.46. The van der Waals surface area contributed by atoms with E-state index in [-0.39, 0.29) is 11.0 Å². The molecule has 0 bridgehead atoms. The van der Waals surface area contributed by atoms with Crippen LogP contribution in [0.4, 0.5) is 0 Å². The second kappa shape index (κ2) is 2.95. The minimum atomic E-state index is -0.0770. The summed E-state index contributed by atoms with van der Waals surface area (Å²) in [5.41, 5.74) is 1.48. The molecular formula is C11H15N3O. The average molecular weight is 205 g/mol. The van der Waals surface area contributed by atoms with Gasteiger partial charge in [0.05, 0.1) is 0 Å². The number of pyridine rings is 1. The topological polar surface area (TPSA) is 50.2 Å². The molecule has 0 saturated carbocycles. The summed E-state index contributed by atoms with van der Waals surface area (Å²) in [5.74, 6) is 0.824. The van der Waals surface area contributed by atoms with Crippen LogP contribution in [-0.4, -0.2) is 14.6 Å². The molecule has 2 heterocycles. The van der Waals surface area contributed by atoms with Gasteiger partial charge >= 0.3 is 0 Å². The highest BCUT2D eigenvalue weighted by atomic mass is 16.1. The number of aromatic nitrogens is 3. The normalized spacial score (nSPS) is 12.3. The quantitative estimate of drug-likeness (QED) is 0.710. The number of fused-ring (bicyclic) bond motifs is 1. The van der Waals surface area contributed by atoms with E-state index in [1.807, 2.05) is 13.0 Å². The van der Waals surface area contributed by atoms with Crippen LogP contribution >= 0.6 is 0 Å². The predicted octanol–water partition coefficient (Wildman–Crippen LogP) is 1.63. The van der Waals surface area contributed by atoms with Crippen molar-refractivity contribution in [3.8, 4) is 0 Å². The molecule has 0 aliphatic carbocycles. The zero-order chi connectivity index (χ0) is 11.2. The van der Waals surface area contributed by atoms with Gasteiger partial charge in [0.2, 0.25) is 0 Å². The third kappa shape index (κ3) is 1.67. The highest BCUT2D eigenvalue weighted by Gasteiger charge is 2.18. The van der Waals surface area contributed by atoms with Crippen molar-refractivity contribution in [3.05, 3.63) is 33.9 Å². The van der Waals surface area contributed by atoms with Crippen LogP contribution in [0.5, 0.6) is 0 Å². The Morgan fingerprint density at radius 2 is 2.00 bits per heavy atom.